The molecule has 0 bridgehead atoms. The van der Waals surface area contributed by atoms with Gasteiger partial charge in [-0.25, -0.2) is 0 Å². The summed E-state index contributed by atoms with van der Waals surface area (Å²) in [7, 11) is 0. The average Bonchev–Trinajstić information content (AvgIpc) is 3.27. The molecule has 0 saturated carbocycles. The summed E-state index contributed by atoms with van der Waals surface area (Å²) < 4.78 is 0. The SMILES string of the molecule is CC#CC(=O)N[C@@H](Cc1ccc(NC(=O)c2cccs2)cc1)C(=O)C[C@@H](CS)C(N)=O. The molecule has 3 amide bonds. The predicted octanol–water partition coefficient (Wildman–Crippen LogP) is 2.04. The van der Waals surface area contributed by atoms with Crippen molar-refractivity contribution >= 4 is 53.2 Å². The Hall–Kier alpha value is -3.09. The summed E-state index contributed by atoms with van der Waals surface area (Å²) in [5.74, 6) is 2.51. The fourth-order valence-corrected chi connectivity index (χ4v) is 3.68. The maximum absolute atomic E-state index is 12.7. The number of amides is 3. The van der Waals surface area contributed by atoms with Crippen LogP contribution in [0.4, 0.5) is 5.69 Å². The zero-order chi connectivity index (χ0) is 22.8. The lowest BCUT2D eigenvalue weighted by Crippen LogP contribution is -2.43. The number of hydrogen-bond donors (Lipinski definition) is 4. The Labute approximate surface area is 190 Å². The molecule has 0 aliphatic rings. The third-order valence-electron chi connectivity index (χ3n) is 4.40. The summed E-state index contributed by atoms with van der Waals surface area (Å²) >= 11 is 5.41. The molecule has 0 fully saturated rings. The second kappa shape index (κ2) is 11.9. The van der Waals surface area contributed by atoms with Crippen LogP contribution in [-0.2, 0) is 20.8 Å². The molecule has 0 aliphatic heterocycles. The quantitative estimate of drug-likeness (QED) is 0.322. The smallest absolute Gasteiger partial charge is 0.296 e. The molecule has 2 atom stereocenters. The highest BCUT2D eigenvalue weighted by molar-refractivity contribution is 7.80. The van der Waals surface area contributed by atoms with Crippen molar-refractivity contribution in [3.63, 3.8) is 0 Å². The Bertz CT molecular complexity index is 992. The van der Waals surface area contributed by atoms with Crippen molar-refractivity contribution < 1.29 is 19.2 Å². The molecule has 2 rings (SSSR count). The Balaban J connectivity index is 2.10. The van der Waals surface area contributed by atoms with E-state index in [-0.39, 0.29) is 30.3 Å². The number of thiol groups is 1. The van der Waals surface area contributed by atoms with Crippen molar-refractivity contribution in [1.29, 1.82) is 0 Å². The van der Waals surface area contributed by atoms with Gasteiger partial charge in [0.05, 0.1) is 16.8 Å². The minimum absolute atomic E-state index is 0.127. The Morgan fingerprint density at radius 3 is 2.42 bits per heavy atom. The van der Waals surface area contributed by atoms with Crippen LogP contribution in [0.15, 0.2) is 41.8 Å². The first-order valence-electron chi connectivity index (χ1n) is 9.44. The lowest BCUT2D eigenvalue weighted by atomic mass is 9.95. The number of primary amides is 1. The van der Waals surface area contributed by atoms with Crippen molar-refractivity contribution in [3.05, 3.63) is 52.2 Å². The van der Waals surface area contributed by atoms with Crippen LogP contribution >= 0.6 is 24.0 Å². The third-order valence-corrected chi connectivity index (χ3v) is 5.71. The zero-order valence-corrected chi connectivity index (χ0v) is 18.6. The van der Waals surface area contributed by atoms with E-state index in [4.69, 9.17) is 5.73 Å². The minimum atomic E-state index is -0.873. The lowest BCUT2D eigenvalue weighted by molar-refractivity contribution is -0.129. The number of nitrogens with one attached hydrogen (secondary N) is 2. The summed E-state index contributed by atoms with van der Waals surface area (Å²) in [4.78, 5) is 48.9. The first-order valence-corrected chi connectivity index (χ1v) is 10.9. The van der Waals surface area contributed by atoms with E-state index in [1.807, 2.05) is 5.38 Å². The number of benzene rings is 1. The van der Waals surface area contributed by atoms with Crippen molar-refractivity contribution in [3.8, 4) is 11.8 Å². The third kappa shape index (κ3) is 7.59. The second-order valence-electron chi connectivity index (χ2n) is 6.69. The molecule has 31 heavy (non-hydrogen) atoms. The maximum atomic E-state index is 12.7. The average molecular weight is 458 g/mol. The Kier molecular flexibility index (Phi) is 9.31. The predicted molar refractivity (Wildman–Crippen MR) is 124 cm³/mol. The van der Waals surface area contributed by atoms with Crippen LogP contribution in [0.5, 0.6) is 0 Å². The van der Waals surface area contributed by atoms with E-state index >= 15 is 0 Å². The van der Waals surface area contributed by atoms with Crippen LogP contribution in [0.2, 0.25) is 0 Å². The largest absolute Gasteiger partial charge is 0.369 e. The minimum Gasteiger partial charge on any atom is -0.369 e. The molecular formula is C22H23N3O4S2. The van der Waals surface area contributed by atoms with E-state index in [1.54, 1.807) is 36.4 Å². The molecule has 9 heteroatoms. The number of rotatable bonds is 10. The first kappa shape index (κ1) is 24.2. The molecule has 2 aromatic rings. The molecule has 1 aromatic carbocycles. The fraction of sp³-hybridized carbons (Fsp3) is 0.273. The molecule has 4 N–H and O–H groups in total. The van der Waals surface area contributed by atoms with Crippen LogP contribution in [0, 0.1) is 17.8 Å². The van der Waals surface area contributed by atoms with Crippen LogP contribution < -0.4 is 16.4 Å². The zero-order valence-electron chi connectivity index (χ0n) is 16.9. The lowest BCUT2D eigenvalue weighted by Gasteiger charge is -2.19. The standard InChI is InChI=1S/C22H23N3O4S2/c1-2-4-20(27)25-17(18(26)12-15(13-30)21(23)28)11-14-6-8-16(9-7-14)24-22(29)19-5-3-10-31-19/h3,5-10,15,17,30H,11-13H2,1H3,(H2,23,28)(H,24,29)(H,25,27)/t15-,17-/m0/s1. The molecule has 0 unspecified atom stereocenters. The molecule has 162 valence electrons. The first-order chi connectivity index (χ1) is 14.8. The molecule has 1 aromatic heterocycles. The summed E-state index contributed by atoms with van der Waals surface area (Å²) in [5.41, 5.74) is 6.67. The number of ketones is 1. The fourth-order valence-electron chi connectivity index (χ4n) is 2.75. The van der Waals surface area contributed by atoms with E-state index < -0.39 is 23.8 Å². The van der Waals surface area contributed by atoms with Crippen molar-refractivity contribution in [2.45, 2.75) is 25.8 Å². The number of thiophene rings is 1. The topological polar surface area (TPSA) is 118 Å². The molecular weight excluding hydrogens is 434 g/mol. The molecule has 0 radical (unpaired) electrons. The molecule has 0 saturated heterocycles. The monoisotopic (exact) mass is 457 g/mol. The van der Waals surface area contributed by atoms with Crippen molar-refractivity contribution in [2.75, 3.05) is 11.1 Å². The number of nitrogens with two attached hydrogens (primary N) is 1. The molecule has 1 heterocycles. The number of carbonyl (C=O) groups is 4. The van der Waals surface area contributed by atoms with Gasteiger partial charge in [-0.05, 0) is 48.4 Å². The highest BCUT2D eigenvalue weighted by Crippen LogP contribution is 2.16. The summed E-state index contributed by atoms with van der Waals surface area (Å²) in [5, 5.41) is 7.21. The van der Waals surface area contributed by atoms with Crippen LogP contribution in [0.1, 0.15) is 28.6 Å². The van der Waals surface area contributed by atoms with Gasteiger partial charge in [-0.1, -0.05) is 24.1 Å². The van der Waals surface area contributed by atoms with Crippen molar-refractivity contribution in [1.82, 2.24) is 5.32 Å². The van der Waals surface area contributed by atoms with Gasteiger partial charge in [0.15, 0.2) is 5.78 Å². The van der Waals surface area contributed by atoms with Gasteiger partial charge in [0, 0.05) is 17.9 Å². The van der Waals surface area contributed by atoms with Crippen LogP contribution in [-0.4, -0.2) is 35.3 Å². The van der Waals surface area contributed by atoms with Gasteiger partial charge in [-0.2, -0.15) is 12.6 Å². The summed E-state index contributed by atoms with van der Waals surface area (Å²) in [6, 6.07) is 9.61. The maximum Gasteiger partial charge on any atom is 0.296 e. The number of carbonyl (C=O) groups excluding carboxylic acids is 4. The van der Waals surface area contributed by atoms with E-state index in [0.29, 0.717) is 10.6 Å². The normalized spacial score (nSPS) is 12.1. The van der Waals surface area contributed by atoms with Gasteiger partial charge in [0.25, 0.3) is 11.8 Å². The highest BCUT2D eigenvalue weighted by Gasteiger charge is 2.26. The van der Waals surface area contributed by atoms with E-state index in [1.165, 1.54) is 18.3 Å². The van der Waals surface area contributed by atoms with Crippen molar-refractivity contribution in [2.24, 2.45) is 11.7 Å². The van der Waals surface area contributed by atoms with E-state index in [2.05, 4.69) is 35.1 Å². The van der Waals surface area contributed by atoms with Crippen LogP contribution in [0.3, 0.4) is 0 Å². The van der Waals surface area contributed by atoms with E-state index in [0.717, 1.165) is 5.56 Å². The van der Waals surface area contributed by atoms with Crippen LogP contribution in [0.25, 0.3) is 0 Å². The summed E-state index contributed by atoms with van der Waals surface area (Å²) in [6.45, 7) is 1.52. The highest BCUT2D eigenvalue weighted by atomic mass is 32.1. The van der Waals surface area contributed by atoms with Gasteiger partial charge >= 0.3 is 0 Å². The van der Waals surface area contributed by atoms with Gasteiger partial charge in [0.1, 0.15) is 0 Å². The Morgan fingerprint density at radius 2 is 1.87 bits per heavy atom. The second-order valence-corrected chi connectivity index (χ2v) is 8.00. The van der Waals surface area contributed by atoms with Gasteiger partial charge < -0.3 is 16.4 Å². The number of Topliss-reactive ketones (excluding diaryl/α,β-unsaturated/α-hetero) is 1. The van der Waals surface area contributed by atoms with Gasteiger partial charge in [0.2, 0.25) is 5.91 Å². The summed E-state index contributed by atoms with van der Waals surface area (Å²) in [6.07, 6.45) is 0.0749. The Morgan fingerprint density at radius 1 is 1.16 bits per heavy atom. The molecule has 0 aliphatic carbocycles. The molecule has 7 nitrogen and oxygen atoms in total. The number of anilines is 1. The van der Waals surface area contributed by atoms with Gasteiger partial charge in [-0.15, -0.1) is 11.3 Å². The number of hydrogen-bond acceptors (Lipinski definition) is 6. The van der Waals surface area contributed by atoms with E-state index in [9.17, 15) is 19.2 Å². The van der Waals surface area contributed by atoms with Gasteiger partial charge in [-0.3, -0.25) is 19.2 Å². The molecule has 0 spiro atoms.